The highest BCUT2D eigenvalue weighted by Gasteiger charge is 2.13. The zero-order chi connectivity index (χ0) is 18.8. The van der Waals surface area contributed by atoms with Gasteiger partial charge in [0.15, 0.2) is 0 Å². The fourth-order valence-electron chi connectivity index (χ4n) is 3.26. The Morgan fingerprint density at radius 2 is 1.85 bits per heavy atom. The summed E-state index contributed by atoms with van der Waals surface area (Å²) >= 11 is 3.28. The van der Waals surface area contributed by atoms with Crippen LogP contribution in [0.1, 0.15) is 27.2 Å². The molecule has 2 aromatic heterocycles. The SMILES string of the molecule is O=C(O)c1cc(Br)cnc1Cc1ccc2c(ccn2Cc2ccccc2)c1. The molecule has 0 radical (unpaired) electrons. The van der Waals surface area contributed by atoms with E-state index in [1.807, 2.05) is 24.3 Å². The minimum atomic E-state index is -0.964. The van der Waals surface area contributed by atoms with Crippen LogP contribution in [0, 0.1) is 0 Å². The van der Waals surface area contributed by atoms with E-state index in [1.165, 1.54) is 5.56 Å². The first-order valence-electron chi connectivity index (χ1n) is 8.59. The molecule has 0 atom stereocenters. The lowest BCUT2D eigenvalue weighted by Crippen LogP contribution is -2.05. The summed E-state index contributed by atoms with van der Waals surface area (Å²) in [6.07, 6.45) is 4.20. The second-order valence-electron chi connectivity index (χ2n) is 6.45. The maximum Gasteiger partial charge on any atom is 0.337 e. The van der Waals surface area contributed by atoms with Gasteiger partial charge in [-0.3, -0.25) is 4.98 Å². The Morgan fingerprint density at radius 1 is 1.04 bits per heavy atom. The van der Waals surface area contributed by atoms with E-state index in [4.69, 9.17) is 0 Å². The predicted octanol–water partition coefficient (Wildman–Crippen LogP) is 5.14. The number of carboxylic acid groups (broad SMARTS) is 1. The number of pyridine rings is 1. The van der Waals surface area contributed by atoms with Gasteiger partial charge in [0.25, 0.3) is 0 Å². The van der Waals surface area contributed by atoms with E-state index in [2.05, 4.69) is 62.0 Å². The lowest BCUT2D eigenvalue weighted by molar-refractivity contribution is 0.0695. The van der Waals surface area contributed by atoms with Gasteiger partial charge in [0.1, 0.15) is 0 Å². The van der Waals surface area contributed by atoms with Crippen molar-refractivity contribution >= 4 is 32.8 Å². The van der Waals surface area contributed by atoms with E-state index in [-0.39, 0.29) is 5.56 Å². The lowest BCUT2D eigenvalue weighted by Gasteiger charge is -2.08. The molecule has 0 saturated heterocycles. The van der Waals surface area contributed by atoms with Crippen molar-refractivity contribution in [3.05, 3.63) is 99.9 Å². The van der Waals surface area contributed by atoms with Crippen LogP contribution in [0.15, 0.2) is 77.5 Å². The number of hydrogen-bond donors (Lipinski definition) is 1. The Kier molecular flexibility index (Phi) is 4.77. The smallest absolute Gasteiger partial charge is 0.337 e. The maximum absolute atomic E-state index is 11.5. The molecule has 2 heterocycles. The number of aromatic nitrogens is 2. The Balaban J connectivity index is 1.63. The van der Waals surface area contributed by atoms with Crippen LogP contribution in [0.2, 0.25) is 0 Å². The third-order valence-electron chi connectivity index (χ3n) is 4.57. The van der Waals surface area contributed by atoms with Crippen LogP contribution in [0.4, 0.5) is 0 Å². The molecular weight excluding hydrogens is 404 g/mol. The number of fused-ring (bicyclic) bond motifs is 1. The fraction of sp³-hybridized carbons (Fsp3) is 0.0909. The average molecular weight is 421 g/mol. The summed E-state index contributed by atoms with van der Waals surface area (Å²) in [4.78, 5) is 15.8. The molecule has 1 N–H and O–H groups in total. The van der Waals surface area contributed by atoms with Gasteiger partial charge in [0.2, 0.25) is 0 Å². The third kappa shape index (κ3) is 3.78. The van der Waals surface area contributed by atoms with E-state index in [0.29, 0.717) is 16.6 Å². The number of carbonyl (C=O) groups is 1. The van der Waals surface area contributed by atoms with Crippen LogP contribution in [-0.4, -0.2) is 20.6 Å². The average Bonchev–Trinajstić information content (AvgIpc) is 3.06. The van der Waals surface area contributed by atoms with Gasteiger partial charge in [-0.05, 0) is 56.7 Å². The molecule has 2 aromatic carbocycles. The molecule has 4 rings (SSSR count). The molecule has 5 heteroatoms. The number of rotatable bonds is 5. The van der Waals surface area contributed by atoms with Crippen molar-refractivity contribution in [2.75, 3.05) is 0 Å². The minimum absolute atomic E-state index is 0.228. The summed E-state index contributed by atoms with van der Waals surface area (Å²) < 4.78 is 2.88. The fourth-order valence-corrected chi connectivity index (χ4v) is 3.60. The van der Waals surface area contributed by atoms with Crippen LogP contribution in [0.3, 0.4) is 0 Å². The van der Waals surface area contributed by atoms with Crippen molar-refractivity contribution in [3.63, 3.8) is 0 Å². The van der Waals surface area contributed by atoms with Gasteiger partial charge in [-0.25, -0.2) is 4.79 Å². The molecule has 0 bridgehead atoms. The highest BCUT2D eigenvalue weighted by Crippen LogP contribution is 2.22. The van der Waals surface area contributed by atoms with Gasteiger partial charge in [-0.2, -0.15) is 0 Å². The Bertz CT molecular complexity index is 1120. The normalized spacial score (nSPS) is 11.0. The van der Waals surface area contributed by atoms with Crippen molar-refractivity contribution < 1.29 is 9.90 Å². The molecule has 0 fully saturated rings. The first kappa shape index (κ1) is 17.5. The molecule has 134 valence electrons. The Labute approximate surface area is 165 Å². The number of nitrogens with zero attached hydrogens (tertiary/aromatic N) is 2. The molecule has 4 nitrogen and oxygen atoms in total. The second-order valence-corrected chi connectivity index (χ2v) is 7.37. The Morgan fingerprint density at radius 3 is 2.63 bits per heavy atom. The molecule has 0 aliphatic rings. The zero-order valence-electron chi connectivity index (χ0n) is 14.5. The highest BCUT2D eigenvalue weighted by atomic mass is 79.9. The number of halogens is 1. The largest absolute Gasteiger partial charge is 0.478 e. The Hall–Kier alpha value is -2.92. The maximum atomic E-state index is 11.5. The van der Waals surface area contributed by atoms with E-state index >= 15 is 0 Å². The van der Waals surface area contributed by atoms with Crippen molar-refractivity contribution in [3.8, 4) is 0 Å². The van der Waals surface area contributed by atoms with Crippen molar-refractivity contribution in [1.29, 1.82) is 0 Å². The molecule has 4 aromatic rings. The van der Waals surface area contributed by atoms with Gasteiger partial charge in [0, 0.05) is 35.3 Å². The van der Waals surface area contributed by atoms with E-state index in [9.17, 15) is 9.90 Å². The molecule has 27 heavy (non-hydrogen) atoms. The topological polar surface area (TPSA) is 55.1 Å². The minimum Gasteiger partial charge on any atom is -0.478 e. The van der Waals surface area contributed by atoms with Crippen LogP contribution in [0.5, 0.6) is 0 Å². The standard InChI is InChI=1S/C22H17BrN2O2/c23-18-12-19(22(26)27)20(24-13-18)11-16-6-7-21-17(10-16)8-9-25(21)14-15-4-2-1-3-5-15/h1-10,12-13H,11,14H2,(H,26,27). The van der Waals surface area contributed by atoms with Crippen molar-refractivity contribution in [1.82, 2.24) is 9.55 Å². The highest BCUT2D eigenvalue weighted by molar-refractivity contribution is 9.10. The van der Waals surface area contributed by atoms with Crippen LogP contribution < -0.4 is 0 Å². The molecule has 0 aliphatic carbocycles. The molecule has 0 unspecified atom stereocenters. The van der Waals surface area contributed by atoms with Gasteiger partial charge in [-0.15, -0.1) is 0 Å². The van der Waals surface area contributed by atoms with Gasteiger partial charge >= 0.3 is 5.97 Å². The van der Waals surface area contributed by atoms with Crippen LogP contribution in [-0.2, 0) is 13.0 Å². The first-order chi connectivity index (χ1) is 13.1. The summed E-state index contributed by atoms with van der Waals surface area (Å²) in [5.41, 5.74) is 4.24. The van der Waals surface area contributed by atoms with Crippen LogP contribution in [0.25, 0.3) is 10.9 Å². The predicted molar refractivity (Wildman–Crippen MR) is 109 cm³/mol. The third-order valence-corrected chi connectivity index (χ3v) is 5.00. The van der Waals surface area contributed by atoms with Crippen molar-refractivity contribution in [2.24, 2.45) is 0 Å². The monoisotopic (exact) mass is 420 g/mol. The summed E-state index contributed by atoms with van der Waals surface area (Å²) in [7, 11) is 0. The second kappa shape index (κ2) is 7.37. The van der Waals surface area contributed by atoms with Crippen molar-refractivity contribution in [2.45, 2.75) is 13.0 Å². The van der Waals surface area contributed by atoms with Gasteiger partial charge in [0.05, 0.1) is 11.3 Å². The molecule has 0 aliphatic heterocycles. The molecule has 0 saturated carbocycles. The van der Waals surface area contributed by atoms with E-state index < -0.39 is 5.97 Å². The zero-order valence-corrected chi connectivity index (χ0v) is 16.1. The number of benzene rings is 2. The number of aromatic carboxylic acids is 1. The lowest BCUT2D eigenvalue weighted by atomic mass is 10.0. The summed E-state index contributed by atoms with van der Waals surface area (Å²) in [5.74, 6) is -0.964. The molecule has 0 amide bonds. The molecular formula is C22H17BrN2O2. The van der Waals surface area contributed by atoms with E-state index in [1.54, 1.807) is 12.3 Å². The molecule has 0 spiro atoms. The van der Waals surface area contributed by atoms with Gasteiger partial charge < -0.3 is 9.67 Å². The first-order valence-corrected chi connectivity index (χ1v) is 9.39. The van der Waals surface area contributed by atoms with Gasteiger partial charge in [-0.1, -0.05) is 36.4 Å². The summed E-state index contributed by atoms with van der Waals surface area (Å²) in [6.45, 7) is 0.821. The van der Waals surface area contributed by atoms with Crippen LogP contribution >= 0.6 is 15.9 Å². The summed E-state index contributed by atoms with van der Waals surface area (Å²) in [5, 5.41) is 10.6. The number of carboxylic acids is 1. The summed E-state index contributed by atoms with van der Waals surface area (Å²) in [6, 6.07) is 20.3. The number of hydrogen-bond acceptors (Lipinski definition) is 2. The quantitative estimate of drug-likeness (QED) is 0.486. The van der Waals surface area contributed by atoms with E-state index in [0.717, 1.165) is 23.0 Å².